The first-order chi connectivity index (χ1) is 9.20. The lowest BCUT2D eigenvalue weighted by Gasteiger charge is -2.38. The second kappa shape index (κ2) is 7.87. The summed E-state index contributed by atoms with van der Waals surface area (Å²) in [7, 11) is 0. The van der Waals surface area contributed by atoms with Crippen LogP contribution in [0.25, 0.3) is 0 Å². The van der Waals surface area contributed by atoms with E-state index >= 15 is 0 Å². The van der Waals surface area contributed by atoms with E-state index < -0.39 is 0 Å². The van der Waals surface area contributed by atoms with E-state index in [1.807, 2.05) is 11.8 Å². The average molecular weight is 287 g/mol. The highest BCUT2D eigenvalue weighted by molar-refractivity contribution is 7.99. The molecule has 2 unspecified atom stereocenters. The zero-order valence-corrected chi connectivity index (χ0v) is 13.3. The maximum atomic E-state index is 6.05. The van der Waals surface area contributed by atoms with Crippen LogP contribution in [0.3, 0.4) is 0 Å². The third kappa shape index (κ3) is 5.25. The van der Waals surface area contributed by atoms with Crippen LogP contribution >= 0.6 is 11.8 Å². The van der Waals surface area contributed by atoms with Gasteiger partial charge in [-0.05, 0) is 58.2 Å². The Balaban J connectivity index is 1.56. The Morgan fingerprint density at radius 3 is 3.05 bits per heavy atom. The van der Waals surface area contributed by atoms with Crippen molar-refractivity contribution >= 4 is 11.8 Å². The van der Waals surface area contributed by atoms with Gasteiger partial charge >= 0.3 is 0 Å². The molecule has 2 fully saturated rings. The number of ether oxygens (including phenoxy) is 2. The highest BCUT2D eigenvalue weighted by atomic mass is 32.2. The summed E-state index contributed by atoms with van der Waals surface area (Å²) in [5, 5.41) is 3.72. The highest BCUT2D eigenvalue weighted by Gasteiger charge is 2.40. The van der Waals surface area contributed by atoms with Crippen LogP contribution in [0, 0.1) is 0 Å². The predicted molar refractivity (Wildman–Crippen MR) is 82.0 cm³/mol. The minimum absolute atomic E-state index is 0.210. The smallest absolute Gasteiger partial charge is 0.0795 e. The van der Waals surface area contributed by atoms with Crippen LogP contribution in [0.2, 0.25) is 0 Å². The van der Waals surface area contributed by atoms with Crippen molar-refractivity contribution in [2.45, 2.75) is 63.7 Å². The van der Waals surface area contributed by atoms with Crippen molar-refractivity contribution in [3.05, 3.63) is 0 Å². The van der Waals surface area contributed by atoms with E-state index in [4.69, 9.17) is 9.47 Å². The molecule has 0 radical (unpaired) electrons. The van der Waals surface area contributed by atoms with Gasteiger partial charge in [0.1, 0.15) is 0 Å². The van der Waals surface area contributed by atoms with E-state index in [2.05, 4.69) is 19.2 Å². The molecule has 0 aromatic rings. The van der Waals surface area contributed by atoms with Crippen LogP contribution < -0.4 is 5.32 Å². The predicted octanol–water partition coefficient (Wildman–Crippen LogP) is 2.84. The van der Waals surface area contributed by atoms with Crippen LogP contribution in [0.5, 0.6) is 0 Å². The molecule has 0 saturated carbocycles. The molecule has 2 atom stereocenters. The van der Waals surface area contributed by atoms with E-state index in [-0.39, 0.29) is 5.60 Å². The molecular weight excluding hydrogens is 258 g/mol. The van der Waals surface area contributed by atoms with Crippen molar-refractivity contribution in [1.82, 2.24) is 5.32 Å². The Bertz CT molecular complexity index is 255. The molecule has 2 aliphatic rings. The van der Waals surface area contributed by atoms with Gasteiger partial charge in [-0.15, -0.1) is 0 Å². The van der Waals surface area contributed by atoms with Gasteiger partial charge in [-0.25, -0.2) is 0 Å². The Kier molecular flexibility index (Phi) is 6.46. The molecule has 1 N–H and O–H groups in total. The average Bonchev–Trinajstić information content (AvgIpc) is 2.81. The van der Waals surface area contributed by atoms with Crippen molar-refractivity contribution in [1.29, 1.82) is 0 Å². The molecule has 0 aromatic heterocycles. The summed E-state index contributed by atoms with van der Waals surface area (Å²) in [4.78, 5) is 0. The molecule has 0 amide bonds. The van der Waals surface area contributed by atoms with Crippen molar-refractivity contribution in [3.63, 3.8) is 0 Å². The number of thioether (sulfide) groups is 1. The lowest BCUT2D eigenvalue weighted by atomic mass is 9.90. The van der Waals surface area contributed by atoms with Crippen LogP contribution in [0.15, 0.2) is 0 Å². The zero-order chi connectivity index (χ0) is 13.6. The summed E-state index contributed by atoms with van der Waals surface area (Å²) in [6.07, 6.45) is 6.37. The number of rotatable bonds is 7. The molecule has 4 heteroatoms. The van der Waals surface area contributed by atoms with E-state index in [0.29, 0.717) is 12.1 Å². The Morgan fingerprint density at radius 1 is 1.42 bits per heavy atom. The van der Waals surface area contributed by atoms with Gasteiger partial charge in [0.25, 0.3) is 0 Å². The molecule has 0 aromatic carbocycles. The fraction of sp³-hybridized carbons (Fsp3) is 1.00. The molecular formula is C15H29NO2S. The quantitative estimate of drug-likeness (QED) is 0.729. The first-order valence-corrected chi connectivity index (χ1v) is 8.92. The third-order valence-corrected chi connectivity index (χ3v) is 5.24. The van der Waals surface area contributed by atoms with Gasteiger partial charge in [-0.3, -0.25) is 0 Å². The summed E-state index contributed by atoms with van der Waals surface area (Å²) >= 11 is 2.05. The highest BCUT2D eigenvalue weighted by Crippen LogP contribution is 2.38. The van der Waals surface area contributed by atoms with Gasteiger partial charge in [-0.2, -0.15) is 11.8 Å². The summed E-state index contributed by atoms with van der Waals surface area (Å²) in [5.74, 6) is 2.48. The maximum absolute atomic E-state index is 6.05. The summed E-state index contributed by atoms with van der Waals surface area (Å²) in [6.45, 7) is 7.15. The lowest BCUT2D eigenvalue weighted by Crippen LogP contribution is -2.47. The molecule has 2 aliphatic heterocycles. The van der Waals surface area contributed by atoms with E-state index in [9.17, 15) is 0 Å². The monoisotopic (exact) mass is 287 g/mol. The van der Waals surface area contributed by atoms with Crippen LogP contribution in [-0.4, -0.2) is 49.0 Å². The second-order valence-electron chi connectivity index (χ2n) is 6.10. The number of hydrogen-bond acceptors (Lipinski definition) is 4. The summed E-state index contributed by atoms with van der Waals surface area (Å²) < 4.78 is 11.6. The zero-order valence-electron chi connectivity index (χ0n) is 12.5. The van der Waals surface area contributed by atoms with E-state index in [0.717, 1.165) is 26.2 Å². The van der Waals surface area contributed by atoms with Crippen molar-refractivity contribution in [2.24, 2.45) is 0 Å². The molecule has 2 rings (SSSR count). The molecule has 1 spiro atoms. The molecule has 0 bridgehead atoms. The van der Waals surface area contributed by atoms with Gasteiger partial charge in [-0.1, -0.05) is 0 Å². The Labute approximate surface area is 122 Å². The number of nitrogens with one attached hydrogen (secondary N) is 1. The van der Waals surface area contributed by atoms with Crippen molar-refractivity contribution < 1.29 is 9.47 Å². The van der Waals surface area contributed by atoms with Crippen LogP contribution in [0.1, 0.15) is 46.0 Å². The molecule has 0 aliphatic carbocycles. The van der Waals surface area contributed by atoms with Gasteiger partial charge in [0.05, 0.1) is 11.7 Å². The minimum atomic E-state index is 0.210. The maximum Gasteiger partial charge on any atom is 0.0795 e. The summed E-state index contributed by atoms with van der Waals surface area (Å²) in [5.41, 5.74) is 0.210. The lowest BCUT2D eigenvalue weighted by molar-refractivity contribution is -0.0700. The first kappa shape index (κ1) is 15.6. The van der Waals surface area contributed by atoms with Crippen molar-refractivity contribution in [3.8, 4) is 0 Å². The van der Waals surface area contributed by atoms with Crippen LogP contribution in [-0.2, 0) is 9.47 Å². The first-order valence-electron chi connectivity index (χ1n) is 7.77. The Morgan fingerprint density at radius 2 is 2.32 bits per heavy atom. The molecule has 2 saturated heterocycles. The third-order valence-electron chi connectivity index (χ3n) is 4.02. The topological polar surface area (TPSA) is 30.5 Å². The number of unbranched alkanes of at least 4 members (excludes halogenated alkanes) is 1. The standard InChI is InChI=1S/C15H29NO2S/c1-13(2)17-8-4-3-7-16-14-5-9-18-15(11-14)6-10-19-12-15/h13-14,16H,3-12H2,1-2H3. The largest absolute Gasteiger partial charge is 0.379 e. The van der Waals surface area contributed by atoms with Crippen LogP contribution in [0.4, 0.5) is 0 Å². The van der Waals surface area contributed by atoms with E-state index in [1.165, 1.54) is 37.2 Å². The van der Waals surface area contributed by atoms with Gasteiger partial charge in [0.15, 0.2) is 0 Å². The molecule has 3 nitrogen and oxygen atoms in total. The van der Waals surface area contributed by atoms with Gasteiger partial charge in [0.2, 0.25) is 0 Å². The minimum Gasteiger partial charge on any atom is -0.379 e. The fourth-order valence-electron chi connectivity index (χ4n) is 2.92. The van der Waals surface area contributed by atoms with Gasteiger partial charge < -0.3 is 14.8 Å². The molecule has 112 valence electrons. The normalized spacial score (nSPS) is 31.4. The molecule has 19 heavy (non-hydrogen) atoms. The fourth-order valence-corrected chi connectivity index (χ4v) is 4.30. The Hall–Kier alpha value is 0.230. The SMILES string of the molecule is CC(C)OCCCCNC1CCOC2(CCSC2)C1. The number of hydrogen-bond donors (Lipinski definition) is 1. The van der Waals surface area contributed by atoms with Crippen molar-refractivity contribution in [2.75, 3.05) is 31.3 Å². The second-order valence-corrected chi connectivity index (χ2v) is 7.21. The molecule has 2 heterocycles. The van der Waals surface area contributed by atoms with E-state index in [1.54, 1.807) is 0 Å². The van der Waals surface area contributed by atoms with Gasteiger partial charge in [0, 0.05) is 25.0 Å². The summed E-state index contributed by atoms with van der Waals surface area (Å²) in [6, 6.07) is 0.665.